The van der Waals surface area contributed by atoms with Crippen LogP contribution in [0.15, 0.2) is 0 Å². The van der Waals surface area contributed by atoms with Gasteiger partial charge in [-0.2, -0.15) is 0 Å². The summed E-state index contributed by atoms with van der Waals surface area (Å²) in [5, 5.41) is 0. The molecule has 0 aromatic carbocycles. The Labute approximate surface area is 105 Å². The molecule has 0 unspecified atom stereocenters. The van der Waals surface area contributed by atoms with Gasteiger partial charge in [0.05, 0.1) is 19.2 Å². The Morgan fingerprint density at radius 2 is 1.78 bits per heavy atom. The van der Waals surface area contributed by atoms with Gasteiger partial charge in [0.2, 0.25) is 0 Å². The van der Waals surface area contributed by atoms with Gasteiger partial charge in [-0.15, -0.1) is 0 Å². The standard InChI is InChI=1S/C12H17NO5/c1-12(2)17-9-7-4-6(14)5-8(10(9)18-12)13(7)11(15)16-3/h7-10H,4-5H2,1-3H3/t7-,8+,9-,10+. The van der Waals surface area contributed by atoms with E-state index in [9.17, 15) is 9.59 Å². The van der Waals surface area contributed by atoms with Crippen molar-refractivity contribution in [2.24, 2.45) is 0 Å². The van der Waals surface area contributed by atoms with Crippen LogP contribution < -0.4 is 0 Å². The van der Waals surface area contributed by atoms with E-state index in [2.05, 4.69) is 0 Å². The number of piperidine rings is 1. The van der Waals surface area contributed by atoms with Crippen LogP contribution >= 0.6 is 0 Å². The number of fused-ring (bicyclic) bond motifs is 5. The fourth-order valence-electron chi connectivity index (χ4n) is 3.33. The maximum absolute atomic E-state index is 11.8. The Hall–Kier alpha value is -1.14. The van der Waals surface area contributed by atoms with Crippen LogP contribution in [0.3, 0.4) is 0 Å². The van der Waals surface area contributed by atoms with Crippen molar-refractivity contribution in [3.8, 4) is 0 Å². The van der Waals surface area contributed by atoms with Crippen LogP contribution in [-0.2, 0) is 19.0 Å². The molecule has 0 N–H and O–H groups in total. The molecule has 6 nitrogen and oxygen atoms in total. The number of amides is 1. The summed E-state index contributed by atoms with van der Waals surface area (Å²) in [6.07, 6.45) is -0.207. The molecule has 6 heteroatoms. The van der Waals surface area contributed by atoms with Crippen molar-refractivity contribution in [2.45, 2.75) is 56.8 Å². The summed E-state index contributed by atoms with van der Waals surface area (Å²) >= 11 is 0. The van der Waals surface area contributed by atoms with Crippen LogP contribution in [-0.4, -0.2) is 54.0 Å². The molecule has 0 spiro atoms. The third-order valence-corrected chi connectivity index (χ3v) is 3.90. The lowest BCUT2D eigenvalue weighted by molar-refractivity contribution is -0.171. The zero-order valence-electron chi connectivity index (χ0n) is 10.7. The highest BCUT2D eigenvalue weighted by atomic mass is 16.8. The van der Waals surface area contributed by atoms with Crippen LogP contribution in [0.4, 0.5) is 4.79 Å². The molecule has 4 atom stereocenters. The molecular weight excluding hydrogens is 238 g/mol. The van der Waals surface area contributed by atoms with Crippen LogP contribution in [0.1, 0.15) is 26.7 Å². The molecule has 0 saturated carbocycles. The minimum absolute atomic E-state index is 0.157. The smallest absolute Gasteiger partial charge is 0.410 e. The monoisotopic (exact) mass is 255 g/mol. The highest BCUT2D eigenvalue weighted by molar-refractivity contribution is 5.84. The van der Waals surface area contributed by atoms with Gasteiger partial charge in [-0.05, 0) is 13.8 Å². The second kappa shape index (κ2) is 3.68. The molecule has 100 valence electrons. The van der Waals surface area contributed by atoms with Gasteiger partial charge in [0.25, 0.3) is 0 Å². The SMILES string of the molecule is COC(=O)N1[C@@H]2CC(=O)C[C@H]1[C@@H]1OC(C)(C)O[C@@H]12. The number of carbonyl (C=O) groups is 2. The first-order valence-corrected chi connectivity index (χ1v) is 6.16. The lowest BCUT2D eigenvalue weighted by Gasteiger charge is -2.35. The maximum atomic E-state index is 11.8. The predicted octanol–water partition coefficient (Wildman–Crippen LogP) is 0.689. The molecule has 0 aromatic rings. The third-order valence-electron chi connectivity index (χ3n) is 3.90. The molecular formula is C12H17NO5. The second-order valence-corrected chi connectivity index (χ2v) is 5.52. The van der Waals surface area contributed by atoms with Gasteiger partial charge in [-0.1, -0.05) is 0 Å². The summed E-state index contributed by atoms with van der Waals surface area (Å²) < 4.78 is 16.5. The third kappa shape index (κ3) is 1.55. The first-order valence-electron chi connectivity index (χ1n) is 6.16. The van der Waals surface area contributed by atoms with E-state index in [-0.39, 0.29) is 30.1 Å². The molecule has 2 bridgehead atoms. The zero-order chi connectivity index (χ0) is 13.1. The van der Waals surface area contributed by atoms with Gasteiger partial charge in [-0.25, -0.2) is 4.79 Å². The molecule has 3 fully saturated rings. The normalized spacial score (nSPS) is 40.8. The van der Waals surface area contributed by atoms with Gasteiger partial charge < -0.3 is 14.2 Å². The quantitative estimate of drug-likeness (QED) is 0.637. The maximum Gasteiger partial charge on any atom is 0.410 e. The Bertz CT molecular complexity index is 381. The van der Waals surface area contributed by atoms with Crippen molar-refractivity contribution < 1.29 is 23.8 Å². The number of ketones is 1. The Kier molecular flexibility index (Phi) is 2.44. The van der Waals surface area contributed by atoms with Crippen LogP contribution in [0.2, 0.25) is 0 Å². The number of methoxy groups -OCH3 is 1. The zero-order valence-corrected chi connectivity index (χ0v) is 10.7. The van der Waals surface area contributed by atoms with Gasteiger partial charge in [0, 0.05) is 12.8 Å². The van der Waals surface area contributed by atoms with Crippen molar-refractivity contribution >= 4 is 11.9 Å². The molecule has 18 heavy (non-hydrogen) atoms. The Balaban J connectivity index is 1.92. The van der Waals surface area contributed by atoms with Crippen LogP contribution in [0.5, 0.6) is 0 Å². The van der Waals surface area contributed by atoms with Crippen molar-refractivity contribution in [1.29, 1.82) is 0 Å². The molecule has 3 aliphatic heterocycles. The predicted molar refractivity (Wildman–Crippen MR) is 59.9 cm³/mol. The van der Waals surface area contributed by atoms with Crippen molar-refractivity contribution in [3.63, 3.8) is 0 Å². The Morgan fingerprint density at radius 3 is 2.22 bits per heavy atom. The van der Waals surface area contributed by atoms with E-state index in [1.54, 1.807) is 4.90 Å². The summed E-state index contributed by atoms with van der Waals surface area (Å²) in [5.41, 5.74) is 0. The molecule has 0 aliphatic carbocycles. The summed E-state index contributed by atoms with van der Waals surface area (Å²) in [5.74, 6) is -0.487. The van der Waals surface area contributed by atoms with Gasteiger partial charge in [0.1, 0.15) is 18.0 Å². The number of rotatable bonds is 0. The number of carbonyl (C=O) groups excluding carboxylic acids is 2. The van der Waals surface area contributed by atoms with E-state index in [1.165, 1.54) is 7.11 Å². The molecule has 3 saturated heterocycles. The first kappa shape index (κ1) is 11.9. The summed E-state index contributed by atoms with van der Waals surface area (Å²) in [7, 11) is 1.35. The lowest BCUT2D eigenvalue weighted by Crippen LogP contribution is -2.51. The van der Waals surface area contributed by atoms with Crippen LogP contribution in [0, 0.1) is 0 Å². The van der Waals surface area contributed by atoms with Crippen molar-refractivity contribution in [2.75, 3.05) is 7.11 Å². The number of hydrogen-bond donors (Lipinski definition) is 0. The minimum Gasteiger partial charge on any atom is -0.453 e. The number of nitrogens with zero attached hydrogens (tertiary/aromatic N) is 1. The number of ether oxygens (including phenoxy) is 3. The van der Waals surface area contributed by atoms with E-state index in [4.69, 9.17) is 14.2 Å². The van der Waals surface area contributed by atoms with Gasteiger partial charge in [-0.3, -0.25) is 9.69 Å². The summed E-state index contributed by atoms with van der Waals surface area (Å²) in [6.45, 7) is 3.71. The molecule has 0 radical (unpaired) electrons. The highest BCUT2D eigenvalue weighted by Crippen LogP contribution is 2.45. The minimum atomic E-state index is -0.644. The summed E-state index contributed by atoms with van der Waals surface area (Å²) in [6, 6.07) is -0.508. The van der Waals surface area contributed by atoms with Gasteiger partial charge in [0.15, 0.2) is 5.79 Å². The van der Waals surface area contributed by atoms with E-state index < -0.39 is 11.9 Å². The number of Topliss-reactive ketones (excluding diaryl/α,β-unsaturated/α-hetero) is 1. The second-order valence-electron chi connectivity index (χ2n) is 5.52. The molecule has 3 heterocycles. The van der Waals surface area contributed by atoms with E-state index >= 15 is 0 Å². The van der Waals surface area contributed by atoms with Crippen molar-refractivity contribution in [1.82, 2.24) is 4.90 Å². The summed E-state index contributed by atoms with van der Waals surface area (Å²) in [4.78, 5) is 25.1. The average Bonchev–Trinajstić information content (AvgIpc) is 2.70. The average molecular weight is 255 g/mol. The lowest BCUT2D eigenvalue weighted by atomic mass is 10.0. The first-order chi connectivity index (χ1) is 8.43. The van der Waals surface area contributed by atoms with E-state index in [1.807, 2.05) is 13.8 Å². The van der Waals surface area contributed by atoms with E-state index in [0.717, 1.165) is 0 Å². The fraction of sp³-hybridized carbons (Fsp3) is 0.833. The van der Waals surface area contributed by atoms with E-state index in [0.29, 0.717) is 12.8 Å². The van der Waals surface area contributed by atoms with Crippen molar-refractivity contribution in [3.05, 3.63) is 0 Å². The molecule has 3 rings (SSSR count). The van der Waals surface area contributed by atoms with Gasteiger partial charge >= 0.3 is 6.09 Å². The molecule has 1 amide bonds. The Morgan fingerprint density at radius 1 is 1.28 bits per heavy atom. The molecule has 3 aliphatic rings. The largest absolute Gasteiger partial charge is 0.453 e. The highest BCUT2D eigenvalue weighted by Gasteiger charge is 2.62. The van der Waals surface area contributed by atoms with Crippen LogP contribution in [0.25, 0.3) is 0 Å². The molecule has 0 aromatic heterocycles. The topological polar surface area (TPSA) is 65.1 Å². The fourth-order valence-corrected chi connectivity index (χ4v) is 3.33. The number of hydrogen-bond acceptors (Lipinski definition) is 5.